The number of rotatable bonds is 4. The standard InChI is InChI=1S/C11H9BrF4O2/c1-2-18-10(17)11(15,16)9(14)7-5-6(13)3-4-8(7)12/h3-5,9H,2H2,1H3/t9-/m1/s1. The van der Waals surface area contributed by atoms with Crippen LogP contribution in [0.25, 0.3) is 0 Å². The van der Waals surface area contributed by atoms with Crippen LogP contribution in [0, 0.1) is 5.82 Å². The maximum Gasteiger partial charge on any atom is 0.380 e. The average Bonchev–Trinajstić information content (AvgIpc) is 2.31. The summed E-state index contributed by atoms with van der Waals surface area (Å²) in [6.45, 7) is 1.02. The lowest BCUT2D eigenvalue weighted by atomic mass is 10.0. The van der Waals surface area contributed by atoms with E-state index in [-0.39, 0.29) is 11.1 Å². The van der Waals surface area contributed by atoms with Gasteiger partial charge >= 0.3 is 11.9 Å². The maximum atomic E-state index is 13.7. The van der Waals surface area contributed by atoms with Crippen molar-refractivity contribution in [2.45, 2.75) is 19.0 Å². The fourth-order valence-corrected chi connectivity index (χ4v) is 1.68. The molecule has 0 bridgehead atoms. The van der Waals surface area contributed by atoms with Gasteiger partial charge in [-0.05, 0) is 25.1 Å². The molecule has 1 aromatic rings. The average molecular weight is 329 g/mol. The molecule has 0 N–H and O–H groups in total. The van der Waals surface area contributed by atoms with E-state index in [4.69, 9.17) is 0 Å². The third kappa shape index (κ3) is 3.01. The van der Waals surface area contributed by atoms with Gasteiger partial charge in [0.15, 0.2) is 0 Å². The SMILES string of the molecule is CCOC(=O)C(F)(F)[C@H](F)c1cc(F)ccc1Br. The van der Waals surface area contributed by atoms with E-state index < -0.39 is 29.4 Å². The first-order valence-electron chi connectivity index (χ1n) is 4.94. The molecule has 0 spiro atoms. The topological polar surface area (TPSA) is 26.3 Å². The normalized spacial score (nSPS) is 13.2. The van der Waals surface area contributed by atoms with E-state index in [1.807, 2.05) is 0 Å². The number of halogens is 5. The molecule has 0 amide bonds. The van der Waals surface area contributed by atoms with Gasteiger partial charge in [0.2, 0.25) is 6.17 Å². The Labute approximate surface area is 109 Å². The number of hydrogen-bond donors (Lipinski definition) is 0. The zero-order chi connectivity index (χ0) is 13.9. The highest BCUT2D eigenvalue weighted by atomic mass is 79.9. The molecule has 0 saturated heterocycles. The Morgan fingerprint density at radius 3 is 2.67 bits per heavy atom. The van der Waals surface area contributed by atoms with Crippen LogP contribution in [0.4, 0.5) is 17.6 Å². The van der Waals surface area contributed by atoms with Crippen LogP contribution < -0.4 is 0 Å². The molecular weight excluding hydrogens is 320 g/mol. The molecule has 0 aliphatic rings. The van der Waals surface area contributed by atoms with E-state index in [0.29, 0.717) is 6.07 Å². The number of ether oxygens (including phenoxy) is 1. The molecule has 0 aromatic heterocycles. The molecule has 0 aliphatic carbocycles. The highest BCUT2D eigenvalue weighted by Crippen LogP contribution is 2.39. The van der Waals surface area contributed by atoms with Gasteiger partial charge in [-0.3, -0.25) is 0 Å². The number of alkyl halides is 3. The second-order valence-corrected chi connectivity index (χ2v) is 4.23. The molecule has 0 fully saturated rings. The summed E-state index contributed by atoms with van der Waals surface area (Å²) in [6, 6.07) is 2.66. The lowest BCUT2D eigenvalue weighted by Gasteiger charge is -2.19. The van der Waals surface area contributed by atoms with Crippen LogP contribution in [0.2, 0.25) is 0 Å². The second-order valence-electron chi connectivity index (χ2n) is 3.37. The van der Waals surface area contributed by atoms with Crippen LogP contribution in [0.5, 0.6) is 0 Å². The minimum atomic E-state index is -4.37. The number of carbonyl (C=O) groups excluding carboxylic acids is 1. The lowest BCUT2D eigenvalue weighted by Crippen LogP contribution is -2.35. The quantitative estimate of drug-likeness (QED) is 0.620. The fourth-order valence-electron chi connectivity index (χ4n) is 1.23. The molecule has 1 aromatic carbocycles. The van der Waals surface area contributed by atoms with Crippen molar-refractivity contribution in [1.82, 2.24) is 0 Å². The van der Waals surface area contributed by atoms with Gasteiger partial charge in [0.1, 0.15) is 5.82 Å². The number of carbonyl (C=O) groups is 1. The molecule has 1 atom stereocenters. The smallest absolute Gasteiger partial charge is 0.380 e. The Morgan fingerprint density at radius 1 is 1.50 bits per heavy atom. The van der Waals surface area contributed by atoms with E-state index >= 15 is 0 Å². The first-order chi connectivity index (χ1) is 8.30. The van der Waals surface area contributed by atoms with Gasteiger partial charge in [0.05, 0.1) is 6.61 Å². The largest absolute Gasteiger partial charge is 0.461 e. The first-order valence-corrected chi connectivity index (χ1v) is 5.74. The Morgan fingerprint density at radius 2 is 2.11 bits per heavy atom. The van der Waals surface area contributed by atoms with Gasteiger partial charge in [0.25, 0.3) is 0 Å². The summed E-state index contributed by atoms with van der Waals surface area (Å²) < 4.78 is 57.4. The van der Waals surface area contributed by atoms with Gasteiger partial charge in [-0.15, -0.1) is 0 Å². The third-order valence-corrected chi connectivity index (χ3v) is 2.82. The van der Waals surface area contributed by atoms with Crippen molar-refractivity contribution < 1.29 is 27.1 Å². The minimum Gasteiger partial charge on any atom is -0.461 e. The summed E-state index contributed by atoms with van der Waals surface area (Å²) in [5.41, 5.74) is -0.645. The maximum absolute atomic E-state index is 13.7. The monoisotopic (exact) mass is 328 g/mol. The van der Waals surface area contributed by atoms with Crippen LogP contribution in [-0.4, -0.2) is 18.5 Å². The predicted molar refractivity (Wildman–Crippen MR) is 59.5 cm³/mol. The van der Waals surface area contributed by atoms with Gasteiger partial charge in [-0.25, -0.2) is 13.6 Å². The number of esters is 1. The predicted octanol–water partition coefficient (Wildman–Crippen LogP) is 3.80. The van der Waals surface area contributed by atoms with Crippen molar-refractivity contribution in [3.63, 3.8) is 0 Å². The minimum absolute atomic E-state index is 0.0552. The van der Waals surface area contributed by atoms with E-state index in [9.17, 15) is 22.4 Å². The van der Waals surface area contributed by atoms with Gasteiger partial charge in [-0.1, -0.05) is 15.9 Å². The molecular formula is C11H9BrF4O2. The fraction of sp³-hybridized carbons (Fsp3) is 0.364. The van der Waals surface area contributed by atoms with Gasteiger partial charge in [-0.2, -0.15) is 8.78 Å². The summed E-state index contributed by atoms with van der Waals surface area (Å²) in [5.74, 6) is -7.23. The second kappa shape index (κ2) is 5.69. The van der Waals surface area contributed by atoms with Crippen LogP contribution in [0.15, 0.2) is 22.7 Å². The van der Waals surface area contributed by atoms with Gasteiger partial charge in [0, 0.05) is 10.0 Å². The van der Waals surface area contributed by atoms with Crippen molar-refractivity contribution in [3.8, 4) is 0 Å². The number of benzene rings is 1. The molecule has 7 heteroatoms. The summed E-state index contributed by atoms with van der Waals surface area (Å²) >= 11 is 2.82. The molecule has 0 saturated carbocycles. The van der Waals surface area contributed by atoms with E-state index in [1.54, 1.807) is 0 Å². The lowest BCUT2D eigenvalue weighted by molar-refractivity contribution is -0.182. The third-order valence-electron chi connectivity index (χ3n) is 2.10. The molecule has 100 valence electrons. The molecule has 2 nitrogen and oxygen atoms in total. The van der Waals surface area contributed by atoms with E-state index in [1.165, 1.54) is 6.92 Å². The van der Waals surface area contributed by atoms with Crippen LogP contribution in [0.3, 0.4) is 0 Å². The summed E-state index contributed by atoms with van der Waals surface area (Å²) in [6.07, 6.45) is -2.98. The number of hydrogen-bond acceptors (Lipinski definition) is 2. The molecule has 1 rings (SSSR count). The molecule has 0 unspecified atom stereocenters. The van der Waals surface area contributed by atoms with Crippen molar-refractivity contribution in [2.24, 2.45) is 0 Å². The molecule has 18 heavy (non-hydrogen) atoms. The Bertz CT molecular complexity index is 451. The Hall–Kier alpha value is -1.11. The molecule has 0 radical (unpaired) electrons. The summed E-state index contributed by atoms with van der Waals surface area (Å²) in [7, 11) is 0. The van der Waals surface area contributed by atoms with Crippen molar-refractivity contribution >= 4 is 21.9 Å². The summed E-state index contributed by atoms with van der Waals surface area (Å²) in [4.78, 5) is 11.0. The first kappa shape index (κ1) is 14.9. The zero-order valence-corrected chi connectivity index (χ0v) is 10.8. The zero-order valence-electron chi connectivity index (χ0n) is 9.22. The highest BCUT2D eigenvalue weighted by Gasteiger charge is 2.51. The molecule has 0 heterocycles. The van der Waals surface area contributed by atoms with Crippen LogP contribution in [-0.2, 0) is 9.53 Å². The summed E-state index contributed by atoms with van der Waals surface area (Å²) in [5, 5.41) is 0. The van der Waals surface area contributed by atoms with Crippen molar-refractivity contribution in [2.75, 3.05) is 6.61 Å². The molecule has 0 aliphatic heterocycles. The van der Waals surface area contributed by atoms with Gasteiger partial charge < -0.3 is 4.74 Å². The Kier molecular flexibility index (Phi) is 4.72. The van der Waals surface area contributed by atoms with E-state index in [2.05, 4.69) is 20.7 Å². The van der Waals surface area contributed by atoms with Crippen LogP contribution in [0.1, 0.15) is 18.7 Å². The van der Waals surface area contributed by atoms with Crippen LogP contribution >= 0.6 is 15.9 Å². The van der Waals surface area contributed by atoms with Crippen molar-refractivity contribution in [3.05, 3.63) is 34.1 Å². The van der Waals surface area contributed by atoms with E-state index in [0.717, 1.165) is 12.1 Å². The Balaban J connectivity index is 3.08. The highest BCUT2D eigenvalue weighted by molar-refractivity contribution is 9.10. The van der Waals surface area contributed by atoms with Crippen molar-refractivity contribution in [1.29, 1.82) is 0 Å².